The van der Waals surface area contributed by atoms with Crippen LogP contribution in [0.1, 0.15) is 51.3 Å². The van der Waals surface area contributed by atoms with Gasteiger partial charge in [0.15, 0.2) is 0 Å². The van der Waals surface area contributed by atoms with Crippen LogP contribution >= 0.6 is 0 Å². The molecule has 114 valence electrons. The van der Waals surface area contributed by atoms with Gasteiger partial charge in [0.1, 0.15) is 5.82 Å². The van der Waals surface area contributed by atoms with Gasteiger partial charge >= 0.3 is 0 Å². The molecule has 1 heterocycles. The normalized spacial score (nSPS) is 11.1. The van der Waals surface area contributed by atoms with E-state index in [0.717, 1.165) is 31.1 Å². The Morgan fingerprint density at radius 1 is 1.25 bits per heavy atom. The molecule has 1 aromatic rings. The summed E-state index contributed by atoms with van der Waals surface area (Å²) in [5, 5.41) is 3.48. The van der Waals surface area contributed by atoms with E-state index in [1.807, 2.05) is 0 Å². The number of nitrogens with one attached hydrogen (secondary N) is 1. The number of aryl methyl sites for hydroxylation is 1. The zero-order chi connectivity index (χ0) is 15.0. The highest BCUT2D eigenvalue weighted by Gasteiger charge is 2.06. The molecule has 0 bridgehead atoms. The van der Waals surface area contributed by atoms with Crippen molar-refractivity contribution in [2.75, 3.05) is 25.0 Å². The predicted molar refractivity (Wildman–Crippen MR) is 88.3 cm³/mol. The van der Waals surface area contributed by atoms with Gasteiger partial charge in [-0.2, -0.15) is 0 Å². The topological polar surface area (TPSA) is 28.2 Å². The first-order valence-electron chi connectivity index (χ1n) is 7.93. The third-order valence-electron chi connectivity index (χ3n) is 3.54. The zero-order valence-corrected chi connectivity index (χ0v) is 13.9. The van der Waals surface area contributed by atoms with Crippen molar-refractivity contribution in [1.29, 1.82) is 0 Å². The maximum Gasteiger partial charge on any atom is 0.128 e. The lowest BCUT2D eigenvalue weighted by molar-refractivity contribution is 0.551. The second kappa shape index (κ2) is 8.96. The minimum absolute atomic E-state index is 0.687. The number of pyridine rings is 1. The molecule has 0 aliphatic carbocycles. The fourth-order valence-corrected chi connectivity index (χ4v) is 2.19. The fraction of sp³-hybridized carbons (Fsp3) is 0.706. The van der Waals surface area contributed by atoms with E-state index >= 15 is 0 Å². The number of unbranched alkanes of at least 4 members (excludes halogenated alkanes) is 2. The van der Waals surface area contributed by atoms with Crippen molar-refractivity contribution in [1.82, 2.24) is 10.3 Å². The molecule has 1 aromatic heterocycles. The van der Waals surface area contributed by atoms with Gasteiger partial charge in [0.25, 0.3) is 0 Å². The summed E-state index contributed by atoms with van der Waals surface area (Å²) in [6.45, 7) is 11.9. The maximum absolute atomic E-state index is 4.74. The number of rotatable bonds is 9. The van der Waals surface area contributed by atoms with Gasteiger partial charge in [-0.3, -0.25) is 0 Å². The van der Waals surface area contributed by atoms with Crippen LogP contribution in [0.2, 0.25) is 0 Å². The Morgan fingerprint density at radius 2 is 2.00 bits per heavy atom. The van der Waals surface area contributed by atoms with Crippen LogP contribution < -0.4 is 10.2 Å². The molecule has 0 spiro atoms. The van der Waals surface area contributed by atoms with Crippen molar-refractivity contribution in [3.63, 3.8) is 0 Å². The summed E-state index contributed by atoms with van der Waals surface area (Å²) in [4.78, 5) is 6.99. The van der Waals surface area contributed by atoms with E-state index in [1.165, 1.54) is 24.8 Å². The largest absolute Gasteiger partial charge is 0.360 e. The van der Waals surface area contributed by atoms with E-state index in [4.69, 9.17) is 4.98 Å². The molecule has 0 aromatic carbocycles. The van der Waals surface area contributed by atoms with Crippen molar-refractivity contribution < 1.29 is 0 Å². The van der Waals surface area contributed by atoms with Crippen LogP contribution in [0.5, 0.6) is 0 Å². The number of hydrogen-bond donors (Lipinski definition) is 1. The highest BCUT2D eigenvalue weighted by molar-refractivity contribution is 5.40. The molecule has 0 fully saturated rings. The standard InChI is InChI=1S/C17H31N3/c1-6-7-8-11-20(5)17-10-9-16(15(4)19-17)13-18-12-14(2)3/h9-10,14,18H,6-8,11-13H2,1-5H3. The third kappa shape index (κ3) is 5.91. The lowest BCUT2D eigenvalue weighted by Gasteiger charge is -2.19. The molecule has 0 saturated carbocycles. The van der Waals surface area contributed by atoms with E-state index in [0.29, 0.717) is 5.92 Å². The van der Waals surface area contributed by atoms with Gasteiger partial charge < -0.3 is 10.2 Å². The van der Waals surface area contributed by atoms with E-state index in [-0.39, 0.29) is 0 Å². The van der Waals surface area contributed by atoms with Crippen LogP contribution in [-0.4, -0.2) is 25.1 Å². The molecule has 3 heteroatoms. The summed E-state index contributed by atoms with van der Waals surface area (Å²) in [6, 6.07) is 4.35. The molecule has 20 heavy (non-hydrogen) atoms. The maximum atomic E-state index is 4.74. The number of nitrogens with zero attached hydrogens (tertiary/aromatic N) is 2. The summed E-state index contributed by atoms with van der Waals surface area (Å²) in [5.74, 6) is 1.78. The van der Waals surface area contributed by atoms with Crippen LogP contribution in [0.4, 0.5) is 5.82 Å². The summed E-state index contributed by atoms with van der Waals surface area (Å²) in [6.07, 6.45) is 3.80. The number of aromatic nitrogens is 1. The smallest absolute Gasteiger partial charge is 0.128 e. The summed E-state index contributed by atoms with van der Waals surface area (Å²) in [7, 11) is 2.13. The molecular weight excluding hydrogens is 246 g/mol. The van der Waals surface area contributed by atoms with Crippen LogP contribution in [-0.2, 0) is 6.54 Å². The molecule has 0 aliphatic heterocycles. The van der Waals surface area contributed by atoms with Crippen LogP contribution in [0.25, 0.3) is 0 Å². The van der Waals surface area contributed by atoms with Gasteiger partial charge in [-0.1, -0.05) is 39.7 Å². The first-order valence-corrected chi connectivity index (χ1v) is 7.93. The SMILES string of the molecule is CCCCCN(C)c1ccc(CNCC(C)C)c(C)n1. The molecule has 0 amide bonds. The van der Waals surface area contributed by atoms with Gasteiger partial charge in [-0.25, -0.2) is 4.98 Å². The molecule has 0 unspecified atom stereocenters. The average molecular weight is 277 g/mol. The number of hydrogen-bond acceptors (Lipinski definition) is 3. The lowest BCUT2D eigenvalue weighted by atomic mass is 10.1. The highest BCUT2D eigenvalue weighted by atomic mass is 15.2. The van der Waals surface area contributed by atoms with E-state index in [1.54, 1.807) is 0 Å². The molecule has 1 rings (SSSR count). The second-order valence-electron chi connectivity index (χ2n) is 6.07. The average Bonchev–Trinajstić information content (AvgIpc) is 2.40. The zero-order valence-electron chi connectivity index (χ0n) is 13.9. The Bertz CT molecular complexity index is 388. The summed E-state index contributed by atoms with van der Waals surface area (Å²) < 4.78 is 0. The Labute approximate surface area is 124 Å². The minimum atomic E-state index is 0.687. The molecule has 0 radical (unpaired) electrons. The first-order chi connectivity index (χ1) is 9.54. The van der Waals surface area contributed by atoms with Gasteiger partial charge in [0.05, 0.1) is 0 Å². The van der Waals surface area contributed by atoms with Crippen LogP contribution in [0, 0.1) is 12.8 Å². The molecule has 0 saturated heterocycles. The van der Waals surface area contributed by atoms with E-state index in [2.05, 4.69) is 57.1 Å². The van der Waals surface area contributed by atoms with Gasteiger partial charge in [-0.15, -0.1) is 0 Å². The van der Waals surface area contributed by atoms with E-state index in [9.17, 15) is 0 Å². The van der Waals surface area contributed by atoms with Gasteiger partial charge in [-0.05, 0) is 37.4 Å². The summed E-state index contributed by atoms with van der Waals surface area (Å²) >= 11 is 0. The van der Waals surface area contributed by atoms with Crippen molar-refractivity contribution in [2.24, 2.45) is 5.92 Å². The van der Waals surface area contributed by atoms with Gasteiger partial charge in [0, 0.05) is 25.8 Å². The van der Waals surface area contributed by atoms with Crippen molar-refractivity contribution in [3.05, 3.63) is 23.4 Å². The highest BCUT2D eigenvalue weighted by Crippen LogP contribution is 2.14. The Morgan fingerprint density at radius 3 is 2.60 bits per heavy atom. The van der Waals surface area contributed by atoms with Crippen LogP contribution in [0.15, 0.2) is 12.1 Å². The fourth-order valence-electron chi connectivity index (χ4n) is 2.19. The number of anilines is 1. The lowest BCUT2D eigenvalue weighted by Crippen LogP contribution is -2.22. The van der Waals surface area contributed by atoms with Crippen molar-refractivity contribution in [2.45, 2.75) is 53.5 Å². The van der Waals surface area contributed by atoms with Crippen molar-refractivity contribution >= 4 is 5.82 Å². The van der Waals surface area contributed by atoms with E-state index < -0.39 is 0 Å². The predicted octanol–water partition coefficient (Wildman–Crippen LogP) is 3.76. The van der Waals surface area contributed by atoms with Crippen molar-refractivity contribution in [3.8, 4) is 0 Å². The Kier molecular flexibility index (Phi) is 7.60. The Hall–Kier alpha value is -1.09. The second-order valence-corrected chi connectivity index (χ2v) is 6.07. The monoisotopic (exact) mass is 277 g/mol. The van der Waals surface area contributed by atoms with Gasteiger partial charge in [0.2, 0.25) is 0 Å². The minimum Gasteiger partial charge on any atom is -0.360 e. The molecule has 0 aliphatic rings. The van der Waals surface area contributed by atoms with Crippen LogP contribution in [0.3, 0.4) is 0 Å². The summed E-state index contributed by atoms with van der Waals surface area (Å²) in [5.41, 5.74) is 2.44. The quantitative estimate of drug-likeness (QED) is 0.697. The first kappa shape index (κ1) is 17.0. The molecular formula is C17H31N3. The molecule has 0 atom stereocenters. The molecule has 1 N–H and O–H groups in total. The molecule has 3 nitrogen and oxygen atoms in total. The third-order valence-corrected chi connectivity index (χ3v) is 3.54. The Balaban J connectivity index is 2.53.